The maximum absolute atomic E-state index is 4.99. The van der Waals surface area contributed by atoms with E-state index < -0.39 is 0 Å². The highest BCUT2D eigenvalue weighted by Crippen LogP contribution is 1.94. The van der Waals surface area contributed by atoms with Crippen molar-refractivity contribution >= 4 is 5.95 Å². The fourth-order valence-electron chi connectivity index (χ4n) is 1.10. The number of hydrogen-bond acceptors (Lipinski definition) is 6. The van der Waals surface area contributed by atoms with E-state index in [1.54, 1.807) is 18.8 Å². The molecule has 1 aromatic rings. The molecular formula is C8H18N6O. The van der Waals surface area contributed by atoms with Crippen LogP contribution in [0.1, 0.15) is 0 Å². The molecule has 0 saturated carbocycles. The molecule has 0 spiro atoms. The molecule has 0 aliphatic rings. The predicted molar refractivity (Wildman–Crippen MR) is 56.7 cm³/mol. The number of ether oxygens (including phenoxy) is 1. The molecule has 1 N–H and O–H groups in total. The zero-order valence-corrected chi connectivity index (χ0v) is 9.47. The van der Waals surface area contributed by atoms with E-state index >= 15 is 0 Å². The molecule has 7 nitrogen and oxygen atoms in total. The second kappa shape index (κ2) is 6.31. The Morgan fingerprint density at radius 2 is 2.27 bits per heavy atom. The van der Waals surface area contributed by atoms with Gasteiger partial charge in [-0.3, -0.25) is 0 Å². The van der Waals surface area contributed by atoms with Crippen LogP contribution in [0.5, 0.6) is 0 Å². The number of likely N-dealkylation sites (N-methyl/N-ethyl adjacent to an activating group) is 1. The number of hydrogen-bond donors (Lipinski definition) is 1. The third kappa shape index (κ3) is 4.22. The molecule has 0 bridgehead atoms. The van der Waals surface area contributed by atoms with Crippen molar-refractivity contribution in [2.24, 2.45) is 7.05 Å². The van der Waals surface area contributed by atoms with Gasteiger partial charge in [-0.05, 0) is 17.5 Å². The van der Waals surface area contributed by atoms with Gasteiger partial charge in [0, 0.05) is 33.8 Å². The molecular weight excluding hydrogens is 196 g/mol. The van der Waals surface area contributed by atoms with E-state index in [2.05, 4.69) is 32.8 Å². The summed E-state index contributed by atoms with van der Waals surface area (Å²) in [5.74, 6) is 0.690. The average Bonchev–Trinajstić information content (AvgIpc) is 2.61. The Bertz CT molecular complexity index is 276. The number of aryl methyl sites for hydroxylation is 1. The van der Waals surface area contributed by atoms with Crippen LogP contribution in [0, 0.1) is 0 Å². The summed E-state index contributed by atoms with van der Waals surface area (Å²) in [5.41, 5.74) is 0. The van der Waals surface area contributed by atoms with Crippen molar-refractivity contribution in [3.8, 4) is 0 Å². The van der Waals surface area contributed by atoms with Crippen molar-refractivity contribution in [1.29, 1.82) is 0 Å². The lowest BCUT2D eigenvalue weighted by Crippen LogP contribution is -2.28. The summed E-state index contributed by atoms with van der Waals surface area (Å²) in [6.45, 7) is 3.42. The van der Waals surface area contributed by atoms with Crippen LogP contribution in [0.4, 0.5) is 5.95 Å². The molecule has 0 fully saturated rings. The number of aromatic nitrogens is 4. The highest BCUT2D eigenvalue weighted by molar-refractivity contribution is 5.20. The van der Waals surface area contributed by atoms with Gasteiger partial charge in [-0.25, -0.2) is 4.68 Å². The lowest BCUT2D eigenvalue weighted by molar-refractivity contribution is 0.163. The largest absolute Gasteiger partial charge is 0.383 e. The second-order valence-electron chi connectivity index (χ2n) is 3.35. The molecule has 0 saturated heterocycles. The van der Waals surface area contributed by atoms with E-state index in [4.69, 9.17) is 4.74 Å². The minimum absolute atomic E-state index is 0.690. The van der Waals surface area contributed by atoms with Gasteiger partial charge in [0.15, 0.2) is 0 Å². The van der Waals surface area contributed by atoms with Gasteiger partial charge in [0.25, 0.3) is 0 Å². The molecule has 1 aromatic heterocycles. The predicted octanol–water partition coefficient (Wildman–Crippen LogP) is -0.800. The Kier molecular flexibility index (Phi) is 4.99. The first-order chi connectivity index (χ1) is 7.24. The van der Waals surface area contributed by atoms with Crippen LogP contribution in [0.3, 0.4) is 0 Å². The molecule has 0 aliphatic heterocycles. The van der Waals surface area contributed by atoms with Crippen molar-refractivity contribution in [2.45, 2.75) is 0 Å². The maximum Gasteiger partial charge on any atom is 0.242 e. The van der Waals surface area contributed by atoms with Crippen molar-refractivity contribution in [3.63, 3.8) is 0 Å². The van der Waals surface area contributed by atoms with Gasteiger partial charge < -0.3 is 15.0 Å². The van der Waals surface area contributed by atoms with Crippen LogP contribution >= 0.6 is 0 Å². The third-order valence-corrected chi connectivity index (χ3v) is 2.07. The Hall–Kier alpha value is -1.21. The zero-order chi connectivity index (χ0) is 11.1. The SMILES string of the molecule is COCCN(C)CCNc1nnnn1C. The van der Waals surface area contributed by atoms with Crippen molar-refractivity contribution in [2.75, 3.05) is 45.7 Å². The van der Waals surface area contributed by atoms with Gasteiger partial charge in [-0.15, -0.1) is 0 Å². The van der Waals surface area contributed by atoms with E-state index in [9.17, 15) is 0 Å². The monoisotopic (exact) mass is 214 g/mol. The summed E-state index contributed by atoms with van der Waals surface area (Å²) >= 11 is 0. The molecule has 0 amide bonds. The normalized spacial score (nSPS) is 10.9. The van der Waals surface area contributed by atoms with Crippen molar-refractivity contribution < 1.29 is 4.74 Å². The lowest BCUT2D eigenvalue weighted by atomic mass is 10.5. The summed E-state index contributed by atoms with van der Waals surface area (Å²) in [7, 11) is 5.56. The van der Waals surface area contributed by atoms with Gasteiger partial charge in [-0.1, -0.05) is 5.10 Å². The van der Waals surface area contributed by atoms with Crippen LogP contribution in [-0.2, 0) is 11.8 Å². The molecule has 86 valence electrons. The van der Waals surface area contributed by atoms with Gasteiger partial charge in [0.1, 0.15) is 0 Å². The van der Waals surface area contributed by atoms with Crippen molar-refractivity contribution in [1.82, 2.24) is 25.1 Å². The van der Waals surface area contributed by atoms with E-state index in [-0.39, 0.29) is 0 Å². The number of nitrogens with one attached hydrogen (secondary N) is 1. The number of rotatable bonds is 7. The van der Waals surface area contributed by atoms with Gasteiger partial charge in [0.2, 0.25) is 5.95 Å². The number of methoxy groups -OCH3 is 1. The summed E-state index contributed by atoms with van der Waals surface area (Å²) in [6.07, 6.45) is 0. The molecule has 0 unspecified atom stereocenters. The zero-order valence-electron chi connectivity index (χ0n) is 9.47. The average molecular weight is 214 g/mol. The summed E-state index contributed by atoms with van der Waals surface area (Å²) < 4.78 is 6.59. The van der Waals surface area contributed by atoms with Gasteiger partial charge >= 0.3 is 0 Å². The topological polar surface area (TPSA) is 68.1 Å². The Labute approximate surface area is 89.4 Å². The number of tetrazole rings is 1. The molecule has 1 rings (SSSR count). The third-order valence-electron chi connectivity index (χ3n) is 2.07. The van der Waals surface area contributed by atoms with Crippen LogP contribution in [0.15, 0.2) is 0 Å². The first-order valence-corrected chi connectivity index (χ1v) is 4.87. The maximum atomic E-state index is 4.99. The molecule has 1 heterocycles. The molecule has 15 heavy (non-hydrogen) atoms. The van der Waals surface area contributed by atoms with E-state index in [1.165, 1.54) is 0 Å². The van der Waals surface area contributed by atoms with E-state index in [1.807, 2.05) is 0 Å². The molecule has 7 heteroatoms. The standard InChI is InChI=1S/C8H18N6O/c1-13(6-7-15-3)5-4-9-8-10-11-12-14(8)2/h4-7H2,1-3H3,(H,9,10,12). The van der Waals surface area contributed by atoms with Crippen LogP contribution in [0.2, 0.25) is 0 Å². The van der Waals surface area contributed by atoms with Crippen LogP contribution in [-0.4, -0.2) is 65.5 Å². The fraction of sp³-hybridized carbons (Fsp3) is 0.875. The minimum atomic E-state index is 0.690. The number of anilines is 1. The highest BCUT2D eigenvalue weighted by atomic mass is 16.5. The smallest absolute Gasteiger partial charge is 0.242 e. The fourth-order valence-corrected chi connectivity index (χ4v) is 1.10. The minimum Gasteiger partial charge on any atom is -0.383 e. The molecule has 0 atom stereocenters. The lowest BCUT2D eigenvalue weighted by Gasteiger charge is -2.15. The van der Waals surface area contributed by atoms with Crippen molar-refractivity contribution in [3.05, 3.63) is 0 Å². The summed E-state index contributed by atoms with van der Waals surface area (Å²) in [4.78, 5) is 2.18. The second-order valence-corrected chi connectivity index (χ2v) is 3.35. The molecule has 0 aromatic carbocycles. The molecule has 0 aliphatic carbocycles. The Morgan fingerprint density at radius 3 is 2.87 bits per heavy atom. The first kappa shape index (κ1) is 11.9. The first-order valence-electron chi connectivity index (χ1n) is 4.87. The molecule has 0 radical (unpaired) electrons. The van der Waals surface area contributed by atoms with E-state index in [0.717, 1.165) is 26.2 Å². The Morgan fingerprint density at radius 1 is 1.47 bits per heavy atom. The van der Waals surface area contributed by atoms with Crippen LogP contribution < -0.4 is 5.32 Å². The summed E-state index contributed by atoms with van der Waals surface area (Å²) in [6, 6.07) is 0. The van der Waals surface area contributed by atoms with Gasteiger partial charge in [0.05, 0.1) is 6.61 Å². The van der Waals surface area contributed by atoms with Crippen LogP contribution in [0.25, 0.3) is 0 Å². The summed E-state index contributed by atoms with van der Waals surface area (Å²) in [5, 5.41) is 14.2. The quantitative estimate of drug-likeness (QED) is 0.641. The van der Waals surface area contributed by atoms with E-state index in [0.29, 0.717) is 5.95 Å². The highest BCUT2D eigenvalue weighted by Gasteiger charge is 2.01. The number of nitrogens with zero attached hydrogens (tertiary/aromatic N) is 5. The Balaban J connectivity index is 2.13. The van der Waals surface area contributed by atoms with Gasteiger partial charge in [-0.2, -0.15) is 0 Å².